The topological polar surface area (TPSA) is 69.1 Å². The molecule has 0 radical (unpaired) electrons. The van der Waals surface area contributed by atoms with Crippen LogP contribution in [-0.4, -0.2) is 20.2 Å². The predicted molar refractivity (Wildman–Crippen MR) is 126 cm³/mol. The second kappa shape index (κ2) is 13.5. The summed E-state index contributed by atoms with van der Waals surface area (Å²) in [7, 11) is 0. The van der Waals surface area contributed by atoms with Crippen molar-refractivity contribution in [3.05, 3.63) is 60.5 Å². The summed E-state index contributed by atoms with van der Waals surface area (Å²) < 4.78 is 39.8. The summed E-state index contributed by atoms with van der Waals surface area (Å²) in [4.78, 5) is 12.2. The Kier molecular flexibility index (Phi) is 11.4. The van der Waals surface area contributed by atoms with E-state index >= 15 is 0 Å². The molecule has 1 unspecified atom stereocenters. The van der Waals surface area contributed by atoms with Crippen LogP contribution in [0.2, 0.25) is 0 Å². The van der Waals surface area contributed by atoms with Gasteiger partial charge in [-0.15, -0.1) is 0 Å². The Morgan fingerprint density at radius 1 is 1.19 bits per heavy atom. The largest absolute Gasteiger partial charge is 0.434 e. The van der Waals surface area contributed by atoms with Crippen LogP contribution in [0.15, 0.2) is 48.4 Å². The Balaban J connectivity index is 0.000000388. The first-order valence-corrected chi connectivity index (χ1v) is 11.0. The van der Waals surface area contributed by atoms with Crippen molar-refractivity contribution >= 4 is 17.5 Å². The maximum Gasteiger partial charge on any atom is 0.434 e. The van der Waals surface area contributed by atoms with Crippen molar-refractivity contribution in [2.45, 2.75) is 72.1 Å². The quantitative estimate of drug-likeness (QED) is 0.488. The van der Waals surface area contributed by atoms with E-state index < -0.39 is 11.9 Å². The predicted octanol–water partition coefficient (Wildman–Crippen LogP) is 6.90. The van der Waals surface area contributed by atoms with Gasteiger partial charge in [0.25, 0.3) is 0 Å². The number of alkyl halides is 3. The van der Waals surface area contributed by atoms with Gasteiger partial charge in [-0.25, -0.2) is 4.98 Å². The Morgan fingerprint density at radius 2 is 1.78 bits per heavy atom. The average molecular weight is 450 g/mol. The van der Waals surface area contributed by atoms with Crippen LogP contribution < -0.4 is 5.73 Å². The summed E-state index contributed by atoms with van der Waals surface area (Å²) in [6, 6.07) is 3.64. The highest BCUT2D eigenvalue weighted by atomic mass is 19.4. The van der Waals surface area contributed by atoms with Gasteiger partial charge in [-0.1, -0.05) is 53.2 Å². The number of imidazole rings is 1. The minimum atomic E-state index is -4.41. The maximum absolute atomic E-state index is 12.8. The molecule has 1 atom stereocenters. The van der Waals surface area contributed by atoms with Gasteiger partial charge in [-0.05, 0) is 36.6 Å². The van der Waals surface area contributed by atoms with Gasteiger partial charge in [0, 0.05) is 36.4 Å². The molecule has 0 saturated carbocycles. The van der Waals surface area contributed by atoms with Gasteiger partial charge in [-0.2, -0.15) is 13.2 Å². The highest BCUT2D eigenvalue weighted by Gasteiger charge is 2.35. The first kappa shape index (κ1) is 27.1. The molecule has 2 aromatic rings. The lowest BCUT2D eigenvalue weighted by Gasteiger charge is -2.19. The number of hydrogen-bond acceptors (Lipinski definition) is 4. The van der Waals surface area contributed by atoms with E-state index in [4.69, 9.17) is 5.73 Å². The smallest absolute Gasteiger partial charge is 0.399 e. The zero-order valence-corrected chi connectivity index (χ0v) is 19.4. The van der Waals surface area contributed by atoms with Gasteiger partial charge in [-0.3, -0.25) is 9.98 Å². The number of halogens is 3. The van der Waals surface area contributed by atoms with E-state index in [0.29, 0.717) is 17.9 Å². The second-order valence-electron chi connectivity index (χ2n) is 6.96. The Hall–Kier alpha value is -2.90. The summed E-state index contributed by atoms with van der Waals surface area (Å²) in [5.41, 5.74) is 7.13. The van der Waals surface area contributed by atoms with Crippen molar-refractivity contribution in [1.29, 1.82) is 0 Å². The number of pyridine rings is 1. The van der Waals surface area contributed by atoms with Crippen molar-refractivity contribution in [1.82, 2.24) is 14.5 Å². The molecule has 0 saturated heterocycles. The van der Waals surface area contributed by atoms with Crippen LogP contribution in [0.5, 0.6) is 0 Å². The Labute approximate surface area is 189 Å². The first-order valence-electron chi connectivity index (χ1n) is 11.0. The van der Waals surface area contributed by atoms with Crippen LogP contribution in [0.3, 0.4) is 0 Å². The molecular weight excluding hydrogens is 415 g/mol. The van der Waals surface area contributed by atoms with Crippen molar-refractivity contribution in [3.63, 3.8) is 0 Å². The van der Waals surface area contributed by atoms with Gasteiger partial charge in [0.2, 0.25) is 0 Å². The summed E-state index contributed by atoms with van der Waals surface area (Å²) >= 11 is 0. The van der Waals surface area contributed by atoms with Crippen LogP contribution in [0, 0.1) is 0 Å². The molecule has 0 aromatic carbocycles. The number of rotatable bonds is 6. The third-order valence-corrected chi connectivity index (χ3v) is 4.45. The molecule has 0 aliphatic carbocycles. The highest BCUT2D eigenvalue weighted by molar-refractivity contribution is 5.84. The molecule has 0 spiro atoms. The van der Waals surface area contributed by atoms with E-state index in [0.717, 1.165) is 43.2 Å². The summed E-state index contributed by atoms with van der Waals surface area (Å²) in [5.74, 6) is 0.328. The highest BCUT2D eigenvalue weighted by Crippen LogP contribution is 2.32. The summed E-state index contributed by atoms with van der Waals surface area (Å²) in [5, 5.41) is 0. The van der Waals surface area contributed by atoms with Crippen LogP contribution in [0.1, 0.15) is 83.0 Å². The molecule has 176 valence electrons. The lowest BCUT2D eigenvalue weighted by Crippen LogP contribution is -2.13. The fraction of sp³-hybridized carbons (Fsp3) is 0.458. The van der Waals surface area contributed by atoms with Crippen LogP contribution in [0.4, 0.5) is 13.2 Å². The zero-order chi connectivity index (χ0) is 24.1. The summed E-state index contributed by atoms with van der Waals surface area (Å²) in [6.07, 6.45) is 7.57. The number of aliphatic imine (C=N–C) groups is 1. The number of aromatic nitrogens is 3. The molecule has 8 heteroatoms. The van der Waals surface area contributed by atoms with Crippen LogP contribution >= 0.6 is 0 Å². The minimum Gasteiger partial charge on any atom is -0.399 e. The molecule has 1 aliphatic rings. The standard InChI is InChI=1S/C15H20F3N3.C7H8N2.C2H6/c1-3-6-11(7-4-2)19-13-8-5-9-14-20-12(10-21(13)14)15(16,17)18;1-6(8)7-2-4-9-5-3-7;1-2/h5,9-10,13H,3-4,6-8H2,1-2H3;2-5H,1,8H2;1-2H3. The molecule has 2 aromatic heterocycles. The lowest BCUT2D eigenvalue weighted by atomic mass is 10.1. The molecule has 0 bridgehead atoms. The zero-order valence-electron chi connectivity index (χ0n) is 19.4. The lowest BCUT2D eigenvalue weighted by molar-refractivity contribution is -0.141. The van der Waals surface area contributed by atoms with Gasteiger partial charge < -0.3 is 10.3 Å². The van der Waals surface area contributed by atoms with E-state index in [1.807, 2.05) is 32.1 Å². The second-order valence-corrected chi connectivity index (χ2v) is 6.96. The van der Waals surface area contributed by atoms with Gasteiger partial charge >= 0.3 is 6.18 Å². The Bertz CT molecular complexity index is 875. The minimum absolute atomic E-state index is 0.304. The molecule has 2 N–H and O–H groups in total. The van der Waals surface area contributed by atoms with E-state index in [-0.39, 0.29) is 6.17 Å². The van der Waals surface area contributed by atoms with E-state index in [1.54, 1.807) is 18.5 Å². The molecule has 5 nitrogen and oxygen atoms in total. The summed E-state index contributed by atoms with van der Waals surface area (Å²) in [6.45, 7) is 11.7. The van der Waals surface area contributed by atoms with E-state index in [9.17, 15) is 13.2 Å². The molecule has 1 aliphatic heterocycles. The molecule has 32 heavy (non-hydrogen) atoms. The number of hydrogen-bond donors (Lipinski definition) is 1. The fourth-order valence-electron chi connectivity index (χ4n) is 3.04. The fourth-order valence-corrected chi connectivity index (χ4v) is 3.04. The molecule has 3 rings (SSSR count). The number of nitrogens with zero attached hydrogens (tertiary/aromatic N) is 4. The SMILES string of the molecule is C=C(N)c1ccncc1.CC.CCCC(CCC)=NC1CC=Cc2nc(C(F)(F)F)cn21. The van der Waals surface area contributed by atoms with Gasteiger partial charge in [0.05, 0.1) is 0 Å². The van der Waals surface area contributed by atoms with Crippen LogP contribution in [0.25, 0.3) is 11.8 Å². The molecular formula is C24H34F3N5. The first-order chi connectivity index (χ1) is 15.3. The number of nitrogens with two attached hydrogens (primary N) is 1. The number of fused-ring (bicyclic) bond motifs is 1. The van der Waals surface area contributed by atoms with Crippen molar-refractivity contribution in [3.8, 4) is 0 Å². The monoisotopic (exact) mass is 449 g/mol. The van der Waals surface area contributed by atoms with Crippen LogP contribution in [-0.2, 0) is 6.18 Å². The average Bonchev–Trinajstić information content (AvgIpc) is 3.23. The van der Waals surface area contributed by atoms with Crippen molar-refractivity contribution < 1.29 is 13.2 Å². The Morgan fingerprint density at radius 3 is 2.25 bits per heavy atom. The van der Waals surface area contributed by atoms with Gasteiger partial charge in [0.15, 0.2) is 5.69 Å². The van der Waals surface area contributed by atoms with E-state index in [2.05, 4.69) is 35.4 Å². The normalized spacial score (nSPS) is 14.3. The molecule has 0 amide bonds. The van der Waals surface area contributed by atoms with E-state index in [1.165, 1.54) is 4.57 Å². The van der Waals surface area contributed by atoms with Gasteiger partial charge in [0.1, 0.15) is 12.0 Å². The third-order valence-electron chi connectivity index (χ3n) is 4.45. The molecule has 0 fully saturated rings. The third kappa shape index (κ3) is 8.32. The maximum atomic E-state index is 12.8. The molecule has 3 heterocycles. The van der Waals surface area contributed by atoms with Crippen molar-refractivity contribution in [2.75, 3.05) is 0 Å². The van der Waals surface area contributed by atoms with Crippen molar-refractivity contribution in [2.24, 2.45) is 10.7 Å².